The molecule has 0 aliphatic heterocycles. The average Bonchev–Trinajstić information content (AvgIpc) is 2.71. The van der Waals surface area contributed by atoms with Gasteiger partial charge in [0.25, 0.3) is 0 Å². The fourth-order valence-electron chi connectivity index (χ4n) is 3.91. The van der Waals surface area contributed by atoms with Gasteiger partial charge in [0.15, 0.2) is 5.96 Å². The van der Waals surface area contributed by atoms with Crippen LogP contribution in [0.4, 0.5) is 0 Å². The number of aryl methyl sites for hydroxylation is 1. The molecule has 0 amide bonds. The molecule has 27 heavy (non-hydrogen) atoms. The van der Waals surface area contributed by atoms with E-state index in [2.05, 4.69) is 29.7 Å². The van der Waals surface area contributed by atoms with E-state index in [1.807, 2.05) is 12.1 Å². The van der Waals surface area contributed by atoms with Crippen LogP contribution in [0.15, 0.2) is 29.3 Å². The monoisotopic (exact) mass is 375 g/mol. The van der Waals surface area contributed by atoms with Crippen LogP contribution in [0.25, 0.3) is 0 Å². The molecular weight excluding hydrogens is 338 g/mol. The van der Waals surface area contributed by atoms with Crippen molar-refractivity contribution in [2.45, 2.75) is 58.3 Å². The maximum absolute atomic E-state index is 9.48. The van der Waals surface area contributed by atoms with Crippen molar-refractivity contribution < 1.29 is 9.84 Å². The van der Waals surface area contributed by atoms with Gasteiger partial charge in [-0.05, 0) is 62.1 Å². The number of aliphatic hydroxyl groups is 1. The number of guanidine groups is 1. The van der Waals surface area contributed by atoms with Crippen LogP contribution in [-0.2, 0) is 6.42 Å². The molecule has 1 aromatic rings. The zero-order valence-corrected chi connectivity index (χ0v) is 17.1. The summed E-state index contributed by atoms with van der Waals surface area (Å²) in [6.45, 7) is 4.92. The third kappa shape index (κ3) is 7.41. The highest BCUT2D eigenvalue weighted by Crippen LogP contribution is 2.39. The zero-order valence-electron chi connectivity index (χ0n) is 17.1. The second-order valence-corrected chi connectivity index (χ2v) is 7.61. The smallest absolute Gasteiger partial charge is 0.191 e. The molecule has 0 radical (unpaired) electrons. The van der Waals surface area contributed by atoms with Crippen molar-refractivity contribution in [1.82, 2.24) is 10.6 Å². The zero-order chi connectivity index (χ0) is 19.4. The quantitative estimate of drug-likeness (QED) is 0.333. The predicted molar refractivity (Wildman–Crippen MR) is 113 cm³/mol. The molecular formula is C22H37N3O2. The van der Waals surface area contributed by atoms with Crippen LogP contribution in [0.1, 0.15) is 57.4 Å². The van der Waals surface area contributed by atoms with Crippen molar-refractivity contribution in [3.63, 3.8) is 0 Å². The maximum atomic E-state index is 9.48. The molecule has 1 saturated carbocycles. The van der Waals surface area contributed by atoms with Gasteiger partial charge in [-0.25, -0.2) is 0 Å². The Morgan fingerprint density at radius 2 is 1.89 bits per heavy atom. The fraction of sp³-hybridized carbons (Fsp3) is 0.682. The molecule has 2 rings (SSSR count). The maximum Gasteiger partial charge on any atom is 0.191 e. The number of aliphatic imine (C=N–C) groups is 1. The lowest BCUT2D eigenvalue weighted by Crippen LogP contribution is -2.39. The van der Waals surface area contributed by atoms with Crippen LogP contribution in [0.5, 0.6) is 5.75 Å². The summed E-state index contributed by atoms with van der Waals surface area (Å²) < 4.78 is 5.20. The van der Waals surface area contributed by atoms with Gasteiger partial charge in [-0.3, -0.25) is 4.99 Å². The van der Waals surface area contributed by atoms with Gasteiger partial charge in [0.05, 0.1) is 7.11 Å². The van der Waals surface area contributed by atoms with Gasteiger partial charge in [0, 0.05) is 26.2 Å². The van der Waals surface area contributed by atoms with Gasteiger partial charge < -0.3 is 20.5 Å². The summed E-state index contributed by atoms with van der Waals surface area (Å²) >= 11 is 0. The van der Waals surface area contributed by atoms with Crippen LogP contribution < -0.4 is 15.4 Å². The summed E-state index contributed by atoms with van der Waals surface area (Å²) in [4.78, 5) is 4.86. The summed E-state index contributed by atoms with van der Waals surface area (Å²) in [5.41, 5.74) is 1.52. The van der Waals surface area contributed by atoms with E-state index < -0.39 is 0 Å². The number of nitrogens with zero attached hydrogens (tertiary/aromatic N) is 1. The van der Waals surface area contributed by atoms with Gasteiger partial charge in [-0.15, -0.1) is 0 Å². The molecule has 0 spiro atoms. The minimum absolute atomic E-state index is 0.193. The van der Waals surface area contributed by atoms with Crippen molar-refractivity contribution >= 4 is 5.96 Å². The Balaban J connectivity index is 1.81. The number of aliphatic hydroxyl groups excluding tert-OH is 1. The third-order valence-electron chi connectivity index (χ3n) is 5.57. The first kappa shape index (κ1) is 21.5. The highest BCUT2D eigenvalue weighted by Gasteiger charge is 2.31. The molecule has 0 heterocycles. The molecule has 0 saturated heterocycles. The topological polar surface area (TPSA) is 65.9 Å². The standard InChI is InChI=1S/C22H37N3O2/c1-3-23-21(25-18-22(15-17-26)13-5-4-6-14-22)24-16-7-8-19-9-11-20(27-2)12-10-19/h9-12,26H,3-8,13-18H2,1-2H3,(H2,23,24,25). The average molecular weight is 376 g/mol. The van der Waals surface area contributed by atoms with Crippen LogP contribution in [-0.4, -0.2) is 44.4 Å². The van der Waals surface area contributed by atoms with Crippen LogP contribution in [0.3, 0.4) is 0 Å². The number of rotatable bonds is 10. The highest BCUT2D eigenvalue weighted by molar-refractivity contribution is 5.79. The lowest BCUT2D eigenvalue weighted by atomic mass is 9.72. The minimum Gasteiger partial charge on any atom is -0.497 e. The molecule has 1 fully saturated rings. The molecule has 3 N–H and O–H groups in total. The third-order valence-corrected chi connectivity index (χ3v) is 5.57. The molecule has 0 aromatic heterocycles. The molecule has 0 atom stereocenters. The lowest BCUT2D eigenvalue weighted by Gasteiger charge is -2.35. The number of benzene rings is 1. The SMILES string of the molecule is CCNC(=NCC1(CCO)CCCCC1)NCCCc1ccc(OC)cc1. The van der Waals surface area contributed by atoms with E-state index in [-0.39, 0.29) is 12.0 Å². The Morgan fingerprint density at radius 1 is 1.15 bits per heavy atom. The lowest BCUT2D eigenvalue weighted by molar-refractivity contribution is 0.137. The Hall–Kier alpha value is -1.75. The fourth-order valence-corrected chi connectivity index (χ4v) is 3.91. The summed E-state index contributed by atoms with van der Waals surface area (Å²) in [6, 6.07) is 8.28. The van der Waals surface area contributed by atoms with Crippen LogP contribution in [0, 0.1) is 5.41 Å². The van der Waals surface area contributed by atoms with E-state index in [9.17, 15) is 5.11 Å². The first-order chi connectivity index (χ1) is 13.2. The van der Waals surface area contributed by atoms with Crippen molar-refractivity contribution in [2.24, 2.45) is 10.4 Å². The van der Waals surface area contributed by atoms with Crippen molar-refractivity contribution in [3.05, 3.63) is 29.8 Å². The van der Waals surface area contributed by atoms with E-state index in [0.29, 0.717) is 0 Å². The van der Waals surface area contributed by atoms with E-state index >= 15 is 0 Å². The Morgan fingerprint density at radius 3 is 2.52 bits per heavy atom. The molecule has 0 bridgehead atoms. The summed E-state index contributed by atoms with van der Waals surface area (Å²) in [7, 11) is 1.69. The van der Waals surface area contributed by atoms with Gasteiger partial charge in [0.2, 0.25) is 0 Å². The molecule has 1 aromatic carbocycles. The van der Waals surface area contributed by atoms with E-state index in [4.69, 9.17) is 9.73 Å². The summed E-state index contributed by atoms with van der Waals surface area (Å²) in [6.07, 6.45) is 9.18. The first-order valence-corrected chi connectivity index (χ1v) is 10.5. The molecule has 1 aliphatic carbocycles. The van der Waals surface area contributed by atoms with Crippen molar-refractivity contribution in [2.75, 3.05) is 33.4 Å². The van der Waals surface area contributed by atoms with E-state index in [0.717, 1.165) is 50.6 Å². The minimum atomic E-state index is 0.193. The highest BCUT2D eigenvalue weighted by atomic mass is 16.5. The molecule has 5 nitrogen and oxygen atoms in total. The molecule has 5 heteroatoms. The summed E-state index contributed by atoms with van der Waals surface area (Å²) in [5.74, 6) is 1.80. The normalized spacial score (nSPS) is 16.8. The van der Waals surface area contributed by atoms with Gasteiger partial charge in [-0.2, -0.15) is 0 Å². The van der Waals surface area contributed by atoms with Crippen molar-refractivity contribution in [1.29, 1.82) is 0 Å². The largest absolute Gasteiger partial charge is 0.497 e. The number of hydrogen-bond donors (Lipinski definition) is 3. The Kier molecular flexibility index (Phi) is 9.46. The van der Waals surface area contributed by atoms with Crippen LogP contribution >= 0.6 is 0 Å². The molecule has 0 unspecified atom stereocenters. The number of hydrogen-bond acceptors (Lipinski definition) is 3. The van der Waals surface area contributed by atoms with Crippen LogP contribution in [0.2, 0.25) is 0 Å². The van der Waals surface area contributed by atoms with Gasteiger partial charge in [0.1, 0.15) is 5.75 Å². The second-order valence-electron chi connectivity index (χ2n) is 7.61. The first-order valence-electron chi connectivity index (χ1n) is 10.5. The van der Waals surface area contributed by atoms with E-state index in [1.165, 1.54) is 37.7 Å². The number of nitrogens with one attached hydrogen (secondary N) is 2. The van der Waals surface area contributed by atoms with Crippen molar-refractivity contribution in [3.8, 4) is 5.75 Å². The summed E-state index contributed by atoms with van der Waals surface area (Å²) in [5, 5.41) is 16.3. The predicted octanol–water partition coefficient (Wildman–Crippen LogP) is 3.52. The number of ether oxygens (including phenoxy) is 1. The van der Waals surface area contributed by atoms with E-state index in [1.54, 1.807) is 7.11 Å². The van der Waals surface area contributed by atoms with Gasteiger partial charge >= 0.3 is 0 Å². The Labute approximate surface area is 164 Å². The molecule has 1 aliphatic rings. The second kappa shape index (κ2) is 11.9. The Bertz CT molecular complexity index is 546. The number of methoxy groups -OCH3 is 1. The van der Waals surface area contributed by atoms with Gasteiger partial charge in [-0.1, -0.05) is 31.4 Å². The molecule has 152 valence electrons.